The molecular weight excluding hydrogens is 236 g/mol. The minimum atomic E-state index is -0.0549. The number of hydroxylamine groups is 1. The zero-order valence-electron chi connectivity index (χ0n) is 11.1. The van der Waals surface area contributed by atoms with Crippen molar-refractivity contribution in [2.75, 3.05) is 19.6 Å². The molecule has 1 aromatic rings. The first-order valence-electron chi connectivity index (χ1n) is 7.26. The fourth-order valence-corrected chi connectivity index (χ4v) is 3.75. The Balaban J connectivity index is 1.55. The van der Waals surface area contributed by atoms with Gasteiger partial charge < -0.3 is 0 Å². The Morgan fingerprint density at radius 1 is 1.21 bits per heavy atom. The molecule has 1 spiro atoms. The van der Waals surface area contributed by atoms with Gasteiger partial charge in [0, 0.05) is 18.7 Å². The first-order chi connectivity index (χ1) is 9.34. The largest absolute Gasteiger partial charge is 0.300 e. The molecule has 0 aromatic heterocycles. The monoisotopic (exact) mass is 256 g/mol. The van der Waals surface area contributed by atoms with Crippen LogP contribution in [0.1, 0.15) is 18.4 Å². The van der Waals surface area contributed by atoms with E-state index in [0.29, 0.717) is 5.92 Å². The van der Waals surface area contributed by atoms with Crippen molar-refractivity contribution in [1.82, 2.24) is 10.4 Å². The Bertz CT molecular complexity index is 491. The van der Waals surface area contributed by atoms with Crippen molar-refractivity contribution in [1.29, 1.82) is 0 Å². The third kappa shape index (κ3) is 1.97. The van der Waals surface area contributed by atoms with Gasteiger partial charge in [-0.2, -0.15) is 0 Å². The third-order valence-electron chi connectivity index (χ3n) is 4.78. The Morgan fingerprint density at radius 3 is 2.68 bits per heavy atom. The van der Waals surface area contributed by atoms with Gasteiger partial charge in [0.1, 0.15) is 5.60 Å². The first kappa shape index (κ1) is 11.5. The van der Waals surface area contributed by atoms with E-state index in [9.17, 15) is 0 Å². The maximum absolute atomic E-state index is 6.02. The molecule has 2 bridgehead atoms. The average Bonchev–Trinajstić information content (AvgIpc) is 2.84. The maximum Gasteiger partial charge on any atom is 0.131 e. The van der Waals surface area contributed by atoms with E-state index in [0.717, 1.165) is 13.0 Å². The van der Waals surface area contributed by atoms with Crippen LogP contribution in [0.2, 0.25) is 0 Å². The molecule has 0 aliphatic carbocycles. The van der Waals surface area contributed by atoms with E-state index in [2.05, 4.69) is 46.8 Å². The minimum Gasteiger partial charge on any atom is -0.300 e. The number of nitrogens with one attached hydrogen (secondary N) is 1. The lowest BCUT2D eigenvalue weighted by Crippen LogP contribution is -2.58. The minimum absolute atomic E-state index is 0.0549. The zero-order chi connectivity index (χ0) is 12.7. The Kier molecular flexibility index (Phi) is 2.64. The van der Waals surface area contributed by atoms with Crippen LogP contribution in [0.3, 0.4) is 0 Å². The molecule has 1 unspecified atom stereocenters. The summed E-state index contributed by atoms with van der Waals surface area (Å²) in [6.45, 7) is 3.55. The van der Waals surface area contributed by atoms with Crippen molar-refractivity contribution in [3.63, 3.8) is 0 Å². The molecule has 0 amide bonds. The molecule has 3 nitrogen and oxygen atoms in total. The summed E-state index contributed by atoms with van der Waals surface area (Å²) in [7, 11) is 0. The molecule has 3 saturated heterocycles. The van der Waals surface area contributed by atoms with E-state index in [-0.39, 0.29) is 5.60 Å². The standard InChI is InChI=1S/C16H20N2O/c1-2-4-13(5-3-1)10-15-11-16(19-17-15)12-18-8-6-14(16)7-9-18/h1-5,11,14,17H,6-10,12H2. The molecule has 1 atom stereocenters. The van der Waals surface area contributed by atoms with Gasteiger partial charge in [-0.3, -0.25) is 15.2 Å². The summed E-state index contributed by atoms with van der Waals surface area (Å²) in [5, 5.41) is 0. The van der Waals surface area contributed by atoms with Crippen LogP contribution in [-0.4, -0.2) is 30.1 Å². The van der Waals surface area contributed by atoms with Gasteiger partial charge in [0.15, 0.2) is 0 Å². The van der Waals surface area contributed by atoms with Crippen LogP contribution in [-0.2, 0) is 11.3 Å². The van der Waals surface area contributed by atoms with Crippen molar-refractivity contribution < 1.29 is 4.84 Å². The molecule has 3 fully saturated rings. The number of benzene rings is 1. The molecule has 0 radical (unpaired) electrons. The second kappa shape index (κ2) is 4.36. The molecule has 1 N–H and O–H groups in total. The van der Waals surface area contributed by atoms with Gasteiger partial charge in [-0.1, -0.05) is 30.3 Å². The summed E-state index contributed by atoms with van der Waals surface area (Å²) in [5.74, 6) is 0.693. The Hall–Kier alpha value is -1.32. The molecule has 19 heavy (non-hydrogen) atoms. The Labute approximate surface area is 114 Å². The van der Waals surface area contributed by atoms with Gasteiger partial charge in [-0.25, -0.2) is 0 Å². The molecule has 100 valence electrons. The molecular formula is C16H20N2O. The molecule has 4 aliphatic heterocycles. The fourth-order valence-electron chi connectivity index (χ4n) is 3.75. The lowest BCUT2D eigenvalue weighted by molar-refractivity contribution is -0.138. The number of fused-ring (bicyclic) bond motifs is 2. The van der Waals surface area contributed by atoms with Crippen molar-refractivity contribution in [3.8, 4) is 0 Å². The SMILES string of the molecule is C1=C(Cc2ccccc2)NOC12CN1CCC2CC1. The van der Waals surface area contributed by atoms with Crippen molar-refractivity contribution in [2.24, 2.45) is 5.92 Å². The number of hydrogen-bond acceptors (Lipinski definition) is 3. The van der Waals surface area contributed by atoms with Crippen LogP contribution in [0.4, 0.5) is 0 Å². The lowest BCUT2D eigenvalue weighted by atomic mass is 9.75. The van der Waals surface area contributed by atoms with Crippen molar-refractivity contribution >= 4 is 0 Å². The average molecular weight is 256 g/mol. The van der Waals surface area contributed by atoms with Crippen LogP contribution < -0.4 is 5.48 Å². The first-order valence-corrected chi connectivity index (χ1v) is 7.26. The van der Waals surface area contributed by atoms with E-state index in [4.69, 9.17) is 4.84 Å². The predicted octanol–water partition coefficient (Wildman–Crippen LogP) is 2.11. The van der Waals surface area contributed by atoms with E-state index in [1.807, 2.05) is 0 Å². The summed E-state index contributed by atoms with van der Waals surface area (Å²) >= 11 is 0. The van der Waals surface area contributed by atoms with Gasteiger partial charge in [0.05, 0.1) is 0 Å². The zero-order valence-corrected chi connectivity index (χ0v) is 11.1. The van der Waals surface area contributed by atoms with Crippen LogP contribution in [0.5, 0.6) is 0 Å². The summed E-state index contributed by atoms with van der Waals surface area (Å²) in [6, 6.07) is 10.6. The summed E-state index contributed by atoms with van der Waals surface area (Å²) in [4.78, 5) is 8.55. The highest BCUT2D eigenvalue weighted by atomic mass is 16.7. The van der Waals surface area contributed by atoms with E-state index in [1.54, 1.807) is 0 Å². The number of rotatable bonds is 2. The summed E-state index contributed by atoms with van der Waals surface area (Å²) < 4.78 is 0. The predicted molar refractivity (Wildman–Crippen MR) is 74.3 cm³/mol. The van der Waals surface area contributed by atoms with E-state index < -0.39 is 0 Å². The highest BCUT2D eigenvalue weighted by molar-refractivity contribution is 5.26. The normalized spacial score (nSPS) is 36.3. The summed E-state index contributed by atoms with van der Waals surface area (Å²) in [6.07, 6.45) is 5.85. The molecule has 5 rings (SSSR count). The third-order valence-corrected chi connectivity index (χ3v) is 4.78. The van der Waals surface area contributed by atoms with Gasteiger partial charge in [0.2, 0.25) is 0 Å². The van der Waals surface area contributed by atoms with Crippen LogP contribution >= 0.6 is 0 Å². The number of hydrogen-bond donors (Lipinski definition) is 1. The molecule has 3 heteroatoms. The molecule has 0 saturated carbocycles. The Morgan fingerprint density at radius 2 is 2.00 bits per heavy atom. The molecule has 4 heterocycles. The second-order valence-electron chi connectivity index (χ2n) is 6.04. The maximum atomic E-state index is 6.02. The highest BCUT2D eigenvalue weighted by Crippen LogP contribution is 2.41. The van der Waals surface area contributed by atoms with Crippen LogP contribution in [0.25, 0.3) is 0 Å². The summed E-state index contributed by atoms with van der Waals surface area (Å²) in [5.41, 5.74) is 5.69. The second-order valence-corrected chi connectivity index (χ2v) is 6.04. The van der Waals surface area contributed by atoms with Crippen LogP contribution in [0.15, 0.2) is 42.1 Å². The topological polar surface area (TPSA) is 24.5 Å². The van der Waals surface area contributed by atoms with Crippen LogP contribution in [0, 0.1) is 5.92 Å². The highest BCUT2D eigenvalue weighted by Gasteiger charge is 2.49. The number of piperidine rings is 3. The quantitative estimate of drug-likeness (QED) is 0.877. The van der Waals surface area contributed by atoms with Crippen molar-refractivity contribution in [2.45, 2.75) is 24.9 Å². The van der Waals surface area contributed by atoms with Crippen molar-refractivity contribution in [3.05, 3.63) is 47.7 Å². The number of allylic oxidation sites excluding steroid dienone is 1. The molecule has 1 aromatic carbocycles. The van der Waals surface area contributed by atoms with Gasteiger partial charge in [0.25, 0.3) is 0 Å². The van der Waals surface area contributed by atoms with E-state index >= 15 is 0 Å². The van der Waals surface area contributed by atoms with Gasteiger partial charge >= 0.3 is 0 Å². The van der Waals surface area contributed by atoms with Gasteiger partial charge in [-0.15, -0.1) is 0 Å². The van der Waals surface area contributed by atoms with E-state index in [1.165, 1.54) is 37.2 Å². The van der Waals surface area contributed by atoms with Gasteiger partial charge in [-0.05, 0) is 43.5 Å². The number of nitrogens with zero attached hydrogens (tertiary/aromatic N) is 1. The lowest BCUT2D eigenvalue weighted by Gasteiger charge is -2.49. The smallest absolute Gasteiger partial charge is 0.131 e. The molecule has 4 aliphatic rings. The fraction of sp³-hybridized carbons (Fsp3) is 0.500.